The molecular formula is C16H30N2O5S. The third-order valence-corrected chi connectivity index (χ3v) is 3.58. The fourth-order valence-corrected chi connectivity index (χ4v) is 2.39. The Hall–Kier alpha value is -1.44. The lowest BCUT2D eigenvalue weighted by atomic mass is 10.0. The van der Waals surface area contributed by atoms with E-state index in [1.165, 1.54) is 11.8 Å². The summed E-state index contributed by atoms with van der Waals surface area (Å²) in [6, 6.07) is -1.81. The quantitative estimate of drug-likeness (QED) is 0.581. The first-order valence-corrected chi connectivity index (χ1v) is 9.37. The van der Waals surface area contributed by atoms with Crippen molar-refractivity contribution in [3.8, 4) is 0 Å². The van der Waals surface area contributed by atoms with Gasteiger partial charge in [-0.3, -0.25) is 4.79 Å². The van der Waals surface area contributed by atoms with Crippen LogP contribution < -0.4 is 10.6 Å². The minimum Gasteiger partial charge on any atom is -0.480 e. The highest BCUT2D eigenvalue weighted by Gasteiger charge is 2.28. The summed E-state index contributed by atoms with van der Waals surface area (Å²) in [6.45, 7) is 9.02. The molecule has 0 aromatic carbocycles. The Morgan fingerprint density at radius 1 is 1.12 bits per heavy atom. The zero-order chi connectivity index (χ0) is 18.9. The number of nitrogens with one attached hydrogen (secondary N) is 2. The molecule has 24 heavy (non-hydrogen) atoms. The van der Waals surface area contributed by atoms with Gasteiger partial charge >= 0.3 is 12.1 Å². The van der Waals surface area contributed by atoms with Gasteiger partial charge in [-0.15, -0.1) is 0 Å². The van der Waals surface area contributed by atoms with Crippen LogP contribution in [0.5, 0.6) is 0 Å². The lowest BCUT2D eigenvalue weighted by Gasteiger charge is -2.25. The summed E-state index contributed by atoms with van der Waals surface area (Å²) < 4.78 is 5.17. The maximum absolute atomic E-state index is 12.4. The van der Waals surface area contributed by atoms with Crippen LogP contribution in [0, 0.1) is 5.92 Å². The van der Waals surface area contributed by atoms with Crippen molar-refractivity contribution in [3.05, 3.63) is 0 Å². The van der Waals surface area contributed by atoms with Crippen molar-refractivity contribution in [2.24, 2.45) is 5.92 Å². The molecule has 8 heteroatoms. The van der Waals surface area contributed by atoms with Crippen LogP contribution in [0.15, 0.2) is 0 Å². The van der Waals surface area contributed by atoms with Crippen molar-refractivity contribution in [1.82, 2.24) is 10.6 Å². The smallest absolute Gasteiger partial charge is 0.408 e. The monoisotopic (exact) mass is 362 g/mol. The highest BCUT2D eigenvalue weighted by Crippen LogP contribution is 2.10. The molecule has 2 amide bonds. The van der Waals surface area contributed by atoms with E-state index in [0.29, 0.717) is 18.6 Å². The molecule has 0 heterocycles. The lowest BCUT2D eigenvalue weighted by molar-refractivity contribution is -0.142. The molecular weight excluding hydrogens is 332 g/mol. The Morgan fingerprint density at radius 2 is 1.71 bits per heavy atom. The molecule has 2 atom stereocenters. The predicted molar refractivity (Wildman–Crippen MR) is 95.2 cm³/mol. The van der Waals surface area contributed by atoms with E-state index in [1.807, 2.05) is 20.1 Å². The van der Waals surface area contributed by atoms with Crippen LogP contribution in [0.2, 0.25) is 0 Å². The van der Waals surface area contributed by atoms with Crippen molar-refractivity contribution in [2.45, 2.75) is 65.1 Å². The topological polar surface area (TPSA) is 105 Å². The second kappa shape index (κ2) is 10.4. The van der Waals surface area contributed by atoms with Crippen LogP contribution in [0.3, 0.4) is 0 Å². The van der Waals surface area contributed by atoms with Crippen LogP contribution >= 0.6 is 11.8 Å². The van der Waals surface area contributed by atoms with Crippen LogP contribution in [-0.2, 0) is 14.3 Å². The summed E-state index contributed by atoms with van der Waals surface area (Å²) in [5, 5.41) is 14.2. The Balaban J connectivity index is 4.92. The van der Waals surface area contributed by atoms with Crippen molar-refractivity contribution >= 4 is 29.7 Å². The summed E-state index contributed by atoms with van der Waals surface area (Å²) in [7, 11) is 0. The number of hydrogen-bond acceptors (Lipinski definition) is 5. The molecule has 0 aliphatic carbocycles. The van der Waals surface area contributed by atoms with Gasteiger partial charge in [-0.25, -0.2) is 9.59 Å². The van der Waals surface area contributed by atoms with E-state index in [9.17, 15) is 19.5 Å². The molecule has 0 saturated carbocycles. The highest BCUT2D eigenvalue weighted by atomic mass is 32.2. The Kier molecular flexibility index (Phi) is 9.80. The number of hydrogen-bond donors (Lipinski definition) is 3. The maximum Gasteiger partial charge on any atom is 0.408 e. The predicted octanol–water partition coefficient (Wildman–Crippen LogP) is 2.25. The molecule has 3 N–H and O–H groups in total. The Bertz CT molecular complexity index is 435. The summed E-state index contributed by atoms with van der Waals surface area (Å²) in [5.41, 5.74) is -0.676. The van der Waals surface area contributed by atoms with Gasteiger partial charge < -0.3 is 20.5 Å². The minimum absolute atomic E-state index is 0.144. The number of alkyl carbamates (subject to hydrolysis) is 1. The van der Waals surface area contributed by atoms with Crippen molar-refractivity contribution in [3.63, 3.8) is 0 Å². The molecule has 0 aromatic rings. The maximum atomic E-state index is 12.4. The SMILES string of the molecule is CSCC[C@@H](NC(=O)[C@H](CC(C)C)NC(=O)OC(C)(C)C)C(=O)O. The summed E-state index contributed by atoms with van der Waals surface area (Å²) in [6.07, 6.45) is 1.88. The van der Waals surface area contributed by atoms with E-state index in [-0.39, 0.29) is 5.92 Å². The van der Waals surface area contributed by atoms with Crippen molar-refractivity contribution in [2.75, 3.05) is 12.0 Å². The van der Waals surface area contributed by atoms with Gasteiger partial charge in [0.25, 0.3) is 0 Å². The lowest BCUT2D eigenvalue weighted by Crippen LogP contribution is -2.52. The molecule has 0 unspecified atom stereocenters. The molecule has 140 valence electrons. The Labute approximate surface area is 148 Å². The average Bonchev–Trinajstić information content (AvgIpc) is 2.39. The van der Waals surface area contributed by atoms with Crippen LogP contribution in [0.4, 0.5) is 4.79 Å². The molecule has 0 saturated heterocycles. The molecule has 0 radical (unpaired) electrons. The van der Waals surface area contributed by atoms with E-state index in [0.717, 1.165) is 0 Å². The van der Waals surface area contributed by atoms with Gasteiger partial charge in [0.2, 0.25) is 5.91 Å². The van der Waals surface area contributed by atoms with Gasteiger partial charge in [0.1, 0.15) is 17.7 Å². The number of rotatable bonds is 9. The first-order chi connectivity index (χ1) is 11.0. The third kappa shape index (κ3) is 10.4. The molecule has 0 fully saturated rings. The molecule has 0 aliphatic heterocycles. The number of aliphatic carboxylic acids is 1. The molecule has 7 nitrogen and oxygen atoms in total. The third-order valence-electron chi connectivity index (χ3n) is 2.94. The normalized spacial score (nSPS) is 14.0. The minimum atomic E-state index is -1.09. The van der Waals surface area contributed by atoms with Crippen LogP contribution in [-0.4, -0.2) is 52.8 Å². The second-order valence-corrected chi connectivity index (χ2v) is 7.99. The molecule has 0 spiro atoms. The first kappa shape index (κ1) is 22.6. The van der Waals surface area contributed by atoms with E-state index >= 15 is 0 Å². The molecule has 0 bridgehead atoms. The van der Waals surface area contributed by atoms with Gasteiger partial charge in [0.05, 0.1) is 0 Å². The summed E-state index contributed by atoms with van der Waals surface area (Å²) >= 11 is 1.51. The fourth-order valence-electron chi connectivity index (χ4n) is 1.92. The van der Waals surface area contributed by atoms with Gasteiger partial charge in [-0.2, -0.15) is 11.8 Å². The molecule has 0 aliphatic rings. The molecule has 0 aromatic heterocycles. The van der Waals surface area contributed by atoms with Crippen molar-refractivity contribution < 1.29 is 24.2 Å². The number of carboxylic acids is 1. The number of carbonyl (C=O) groups excluding carboxylic acids is 2. The average molecular weight is 362 g/mol. The number of ether oxygens (including phenoxy) is 1. The standard InChI is InChI=1S/C16H30N2O5S/c1-10(2)9-12(18-15(22)23-16(3,4)5)13(19)17-11(14(20)21)7-8-24-6/h10-12H,7-9H2,1-6H3,(H,17,19)(H,18,22)(H,20,21)/t11-,12+/m1/s1. The van der Waals surface area contributed by atoms with Gasteiger partial charge in [-0.05, 0) is 51.5 Å². The van der Waals surface area contributed by atoms with E-state index < -0.39 is 35.7 Å². The zero-order valence-electron chi connectivity index (χ0n) is 15.3. The number of carbonyl (C=O) groups is 3. The van der Waals surface area contributed by atoms with Crippen molar-refractivity contribution in [1.29, 1.82) is 0 Å². The first-order valence-electron chi connectivity index (χ1n) is 7.98. The number of thioether (sulfide) groups is 1. The van der Waals surface area contributed by atoms with Gasteiger partial charge in [-0.1, -0.05) is 13.8 Å². The molecule has 0 rings (SSSR count). The van der Waals surface area contributed by atoms with E-state index in [1.54, 1.807) is 20.8 Å². The van der Waals surface area contributed by atoms with Crippen LogP contribution in [0.1, 0.15) is 47.5 Å². The Morgan fingerprint density at radius 3 is 2.12 bits per heavy atom. The number of carboxylic acid groups (broad SMARTS) is 1. The zero-order valence-corrected chi connectivity index (χ0v) is 16.2. The van der Waals surface area contributed by atoms with Gasteiger partial charge in [0, 0.05) is 0 Å². The second-order valence-electron chi connectivity index (χ2n) is 7.01. The van der Waals surface area contributed by atoms with E-state index in [2.05, 4.69) is 10.6 Å². The highest BCUT2D eigenvalue weighted by molar-refractivity contribution is 7.98. The summed E-state index contributed by atoms with van der Waals surface area (Å²) in [4.78, 5) is 35.6. The largest absolute Gasteiger partial charge is 0.480 e. The number of amides is 2. The van der Waals surface area contributed by atoms with Gasteiger partial charge in [0.15, 0.2) is 0 Å². The van der Waals surface area contributed by atoms with E-state index in [4.69, 9.17) is 4.74 Å². The summed E-state index contributed by atoms with van der Waals surface area (Å²) in [5.74, 6) is -0.836. The fraction of sp³-hybridized carbons (Fsp3) is 0.812. The van der Waals surface area contributed by atoms with Crippen LogP contribution in [0.25, 0.3) is 0 Å².